The number of fused-ring (bicyclic) bond motifs is 1. The lowest BCUT2D eigenvalue weighted by Crippen LogP contribution is -2.26. The molecule has 0 atom stereocenters. The van der Waals surface area contributed by atoms with Crippen LogP contribution in [-0.4, -0.2) is 88.8 Å². The van der Waals surface area contributed by atoms with E-state index in [0.717, 1.165) is 90.2 Å². The number of aliphatic imine (C=N–C) groups is 1. The fraction of sp³-hybridized carbons (Fsp3) is 0.429. The van der Waals surface area contributed by atoms with Crippen molar-refractivity contribution < 1.29 is 4.79 Å². The Morgan fingerprint density at radius 1 is 1.17 bits per heavy atom. The molecule has 0 bridgehead atoms. The second-order valence-electron chi connectivity index (χ2n) is 11.4. The van der Waals surface area contributed by atoms with E-state index in [1.54, 1.807) is 18.3 Å². The third-order valence-corrected chi connectivity index (χ3v) is 7.87. The van der Waals surface area contributed by atoms with Crippen molar-refractivity contribution in [3.8, 4) is 11.3 Å². The average molecular weight is 658 g/mol. The number of hydrogen-bond donors (Lipinski definition) is 5. The number of aldehydes is 1. The number of aromatic nitrogens is 5. The van der Waals surface area contributed by atoms with E-state index in [-0.39, 0.29) is 5.56 Å². The van der Waals surface area contributed by atoms with Gasteiger partial charge in [0.2, 0.25) is 0 Å². The lowest BCUT2D eigenvalue weighted by molar-refractivity contribution is -0.108. The maximum atomic E-state index is 11.1. The minimum absolute atomic E-state index is 0.0926. The highest BCUT2D eigenvalue weighted by Crippen LogP contribution is 2.33. The van der Waals surface area contributed by atoms with Crippen molar-refractivity contribution in [2.24, 2.45) is 10.7 Å². The lowest BCUT2D eigenvalue weighted by atomic mass is 10.1. The number of carbonyl (C=O) groups is 1. The summed E-state index contributed by atoms with van der Waals surface area (Å²) in [6.45, 7) is 12.8. The molecule has 13 nitrogen and oxygen atoms in total. The molecule has 4 aromatic rings. The fourth-order valence-corrected chi connectivity index (χ4v) is 5.15. The number of nitrogens with zero attached hydrogens (tertiary/aromatic N) is 6. The molecule has 0 aliphatic carbocycles. The van der Waals surface area contributed by atoms with Gasteiger partial charge in [-0.3, -0.25) is 9.69 Å². The van der Waals surface area contributed by atoms with E-state index in [4.69, 9.17) is 5.73 Å². The summed E-state index contributed by atoms with van der Waals surface area (Å²) in [5, 5.41) is 7.29. The third kappa shape index (κ3) is 11.0. The zero-order valence-electron chi connectivity index (χ0n) is 29.1. The number of H-pyrrole nitrogens is 2. The lowest BCUT2D eigenvalue weighted by Gasteiger charge is -2.20. The van der Waals surface area contributed by atoms with Crippen LogP contribution in [0.3, 0.4) is 0 Å². The van der Waals surface area contributed by atoms with Crippen molar-refractivity contribution in [3.63, 3.8) is 0 Å². The number of anilines is 2. The fourth-order valence-electron chi connectivity index (χ4n) is 5.15. The van der Waals surface area contributed by atoms with Crippen LogP contribution in [-0.2, 0) is 4.79 Å². The number of likely N-dealkylation sites (tertiary alicyclic amines) is 1. The molecule has 1 fully saturated rings. The van der Waals surface area contributed by atoms with Crippen LogP contribution in [0.15, 0.2) is 64.5 Å². The molecule has 0 amide bonds. The molecule has 0 unspecified atom stereocenters. The van der Waals surface area contributed by atoms with E-state index in [0.29, 0.717) is 18.3 Å². The van der Waals surface area contributed by atoms with Gasteiger partial charge >= 0.3 is 0 Å². The van der Waals surface area contributed by atoms with E-state index in [2.05, 4.69) is 70.3 Å². The van der Waals surface area contributed by atoms with Crippen LogP contribution in [0.1, 0.15) is 52.0 Å². The minimum atomic E-state index is -0.0926. The number of rotatable bonds is 12. The number of para-hydroxylation sites is 1. The molecule has 5 rings (SSSR count). The van der Waals surface area contributed by atoms with Crippen LogP contribution in [0.2, 0.25) is 0 Å². The predicted molar refractivity (Wildman–Crippen MR) is 197 cm³/mol. The first-order chi connectivity index (χ1) is 23.2. The van der Waals surface area contributed by atoms with E-state index in [9.17, 15) is 9.59 Å². The molecule has 3 aromatic heterocycles. The van der Waals surface area contributed by atoms with E-state index >= 15 is 0 Å². The number of nitrogens with one attached hydrogen (secondary N) is 4. The molecule has 13 heteroatoms. The van der Waals surface area contributed by atoms with Crippen molar-refractivity contribution in [2.45, 2.75) is 53.4 Å². The third-order valence-electron chi connectivity index (χ3n) is 7.87. The first-order valence-electron chi connectivity index (χ1n) is 16.5. The Morgan fingerprint density at radius 2 is 1.94 bits per heavy atom. The normalized spacial score (nSPS) is 13.3. The Kier molecular flexibility index (Phi) is 15.3. The number of allylic oxidation sites excluding steroid dienone is 1. The molecular formula is C35H51N11O2. The maximum Gasteiger partial charge on any atom is 0.252 e. The van der Waals surface area contributed by atoms with E-state index in [1.807, 2.05) is 46.3 Å². The number of unbranched alkanes of at least 4 members (excludes halogenated alkanes) is 1. The molecule has 1 aliphatic rings. The molecular weight excluding hydrogens is 606 g/mol. The molecule has 0 saturated carbocycles. The summed E-state index contributed by atoms with van der Waals surface area (Å²) in [7, 11) is 3.73. The highest BCUT2D eigenvalue weighted by Gasteiger charge is 2.13. The molecule has 1 aromatic carbocycles. The van der Waals surface area contributed by atoms with Crippen molar-refractivity contribution in [1.29, 1.82) is 0 Å². The Bertz CT molecular complexity index is 1700. The van der Waals surface area contributed by atoms with Crippen molar-refractivity contribution >= 4 is 40.5 Å². The number of aromatic amines is 2. The summed E-state index contributed by atoms with van der Waals surface area (Å²) in [5.41, 5.74) is 11.7. The smallest absolute Gasteiger partial charge is 0.252 e. The number of hydrogen-bond acceptors (Lipinski definition) is 10. The van der Waals surface area contributed by atoms with Crippen molar-refractivity contribution in [3.05, 3.63) is 70.7 Å². The Hall–Kier alpha value is -5.04. The zero-order valence-corrected chi connectivity index (χ0v) is 29.1. The standard InChI is InChI=1S/C19H23N7.C10H17N3O.C6H11NO/c1-11-9-24-19(25-16(20)8-12(2)21-3)26-17(11)14-10-23-18-13(14)6-5-7-15(18)22-4;1-3-5-6-13(4-2)9-7-10(14)12-8-11-9;8-6-5-7-3-1-2-4-7/h5-10,21-23H,1-4H3,(H2,20,24,25,26);7-8H,3-6H2,1-2H3,(H,11,12,14);6H,1-5H2/b12-8-;;. The van der Waals surface area contributed by atoms with Crippen LogP contribution in [0, 0.1) is 6.92 Å². The number of nitrogens with two attached hydrogens (primary N) is 1. The minimum Gasteiger partial charge on any atom is -0.392 e. The van der Waals surface area contributed by atoms with Crippen LogP contribution in [0.25, 0.3) is 22.2 Å². The maximum absolute atomic E-state index is 11.1. The Balaban J connectivity index is 0.000000236. The largest absolute Gasteiger partial charge is 0.392 e. The number of aryl methyl sites for hydroxylation is 1. The first-order valence-corrected chi connectivity index (χ1v) is 16.5. The summed E-state index contributed by atoms with van der Waals surface area (Å²) in [6, 6.07) is 7.66. The van der Waals surface area contributed by atoms with Gasteiger partial charge in [-0.2, -0.15) is 4.99 Å². The van der Waals surface area contributed by atoms with Gasteiger partial charge in [0.05, 0.1) is 29.8 Å². The number of carbonyl (C=O) groups excluding carboxylic acids is 1. The molecule has 6 N–H and O–H groups in total. The number of benzene rings is 1. The van der Waals surface area contributed by atoms with Gasteiger partial charge in [0.15, 0.2) is 0 Å². The summed E-state index contributed by atoms with van der Waals surface area (Å²) < 4.78 is 0. The quantitative estimate of drug-likeness (QED) is 0.0812. The van der Waals surface area contributed by atoms with Crippen LogP contribution in [0.5, 0.6) is 0 Å². The van der Waals surface area contributed by atoms with Crippen molar-refractivity contribution in [2.75, 3.05) is 57.0 Å². The molecule has 48 heavy (non-hydrogen) atoms. The highest BCUT2D eigenvalue weighted by atomic mass is 16.1. The van der Waals surface area contributed by atoms with Crippen molar-refractivity contribution in [1.82, 2.24) is 35.1 Å². The molecule has 0 spiro atoms. The van der Waals surface area contributed by atoms with Gasteiger partial charge in [-0.1, -0.05) is 25.5 Å². The molecule has 1 aliphatic heterocycles. The Labute approximate surface area is 283 Å². The van der Waals surface area contributed by atoms with Gasteiger partial charge in [0.25, 0.3) is 11.5 Å². The van der Waals surface area contributed by atoms with E-state index < -0.39 is 0 Å². The summed E-state index contributed by atoms with van der Waals surface area (Å²) in [4.78, 5) is 48.5. The van der Waals surface area contributed by atoms with Gasteiger partial charge < -0.3 is 36.0 Å². The zero-order chi connectivity index (χ0) is 34.9. The Morgan fingerprint density at radius 3 is 2.58 bits per heavy atom. The molecule has 258 valence electrons. The predicted octanol–water partition coefficient (Wildman–Crippen LogP) is 4.76. The van der Waals surface area contributed by atoms with Gasteiger partial charge in [0, 0.05) is 62.3 Å². The summed E-state index contributed by atoms with van der Waals surface area (Å²) in [5.74, 6) is 1.45. The first kappa shape index (κ1) is 37.4. The molecule has 0 radical (unpaired) electrons. The number of amidine groups is 1. The van der Waals surface area contributed by atoms with Gasteiger partial charge in [0.1, 0.15) is 17.9 Å². The second kappa shape index (κ2) is 19.6. The highest BCUT2D eigenvalue weighted by molar-refractivity contribution is 6.01. The van der Waals surface area contributed by atoms with Crippen LogP contribution in [0.4, 0.5) is 17.5 Å². The van der Waals surface area contributed by atoms with E-state index in [1.165, 1.54) is 19.2 Å². The van der Waals surface area contributed by atoms with Gasteiger partial charge in [-0.25, -0.2) is 15.0 Å². The summed E-state index contributed by atoms with van der Waals surface area (Å²) in [6.07, 6.45) is 12.7. The SMILES string of the molecule is CCCCN(CC)c1cc(=O)[nH]cn1.CN/C(C)=C\C(N)=N/c1ncc(C)c(-c2c[nH]c3c(NC)cccc23)n1.O=CCN1CCCC1. The summed E-state index contributed by atoms with van der Waals surface area (Å²) >= 11 is 0. The topological polar surface area (TPSA) is 173 Å². The average Bonchev–Trinajstić information content (AvgIpc) is 3.77. The van der Waals surface area contributed by atoms with Gasteiger partial charge in [-0.15, -0.1) is 0 Å². The monoisotopic (exact) mass is 657 g/mol. The second-order valence-corrected chi connectivity index (χ2v) is 11.4. The van der Waals surface area contributed by atoms with Gasteiger partial charge in [-0.05, 0) is 70.8 Å². The molecule has 1 saturated heterocycles. The molecule has 4 heterocycles. The van der Waals surface area contributed by atoms with Crippen LogP contribution >= 0.6 is 0 Å². The van der Waals surface area contributed by atoms with Crippen LogP contribution < -0.4 is 26.8 Å².